The number of carboxylic acid groups (broad SMARTS) is 1. The van der Waals surface area contributed by atoms with E-state index in [-0.39, 0.29) is 6.04 Å². The van der Waals surface area contributed by atoms with Gasteiger partial charge >= 0.3 is 5.97 Å². The molecule has 0 radical (unpaired) electrons. The molecule has 0 bridgehead atoms. The fourth-order valence-electron chi connectivity index (χ4n) is 4.47. The van der Waals surface area contributed by atoms with Gasteiger partial charge in [-0.15, -0.1) is 0 Å². The van der Waals surface area contributed by atoms with Crippen LogP contribution < -0.4 is 10.5 Å². The van der Waals surface area contributed by atoms with Gasteiger partial charge in [0.15, 0.2) is 0 Å². The predicted molar refractivity (Wildman–Crippen MR) is 123 cm³/mol. The van der Waals surface area contributed by atoms with Crippen LogP contribution in [0.4, 0.5) is 0 Å². The molecule has 3 N–H and O–H groups in total. The average molecular weight is 409 g/mol. The molecule has 31 heavy (non-hydrogen) atoms. The van der Waals surface area contributed by atoms with Gasteiger partial charge in [0.25, 0.3) is 0 Å². The van der Waals surface area contributed by atoms with Gasteiger partial charge < -0.3 is 15.6 Å². The van der Waals surface area contributed by atoms with Gasteiger partial charge in [-0.25, -0.2) is 0 Å². The topological polar surface area (TPSA) is 72.5 Å². The molecular weight excluding hydrogens is 386 g/mol. The number of carboxylic acids is 1. The van der Waals surface area contributed by atoms with E-state index in [1.807, 2.05) is 54.6 Å². The zero-order valence-electron chi connectivity index (χ0n) is 17.0. The second-order valence-electron chi connectivity index (χ2n) is 8.04. The Morgan fingerprint density at radius 2 is 1.68 bits per heavy atom. The first-order valence-corrected chi connectivity index (χ1v) is 10.5. The summed E-state index contributed by atoms with van der Waals surface area (Å²) in [6.07, 6.45) is 1.46. The SMILES string of the molecule is NC1CCc2ccc(Oc3ccccc3-c3ccc4ccccc4c3)cc2C1C(=O)O. The maximum atomic E-state index is 11.8. The Balaban J connectivity index is 1.52. The van der Waals surface area contributed by atoms with Crippen molar-refractivity contribution in [3.63, 3.8) is 0 Å². The summed E-state index contributed by atoms with van der Waals surface area (Å²) in [6.45, 7) is 0. The van der Waals surface area contributed by atoms with E-state index in [4.69, 9.17) is 10.5 Å². The van der Waals surface area contributed by atoms with Crippen molar-refractivity contribution in [2.45, 2.75) is 24.8 Å². The van der Waals surface area contributed by atoms with Gasteiger partial charge in [0, 0.05) is 11.6 Å². The number of para-hydroxylation sites is 1. The maximum absolute atomic E-state index is 11.8. The van der Waals surface area contributed by atoms with E-state index in [2.05, 4.69) is 30.3 Å². The Kier molecular flexibility index (Phi) is 4.92. The van der Waals surface area contributed by atoms with Crippen molar-refractivity contribution in [1.29, 1.82) is 0 Å². The number of ether oxygens (including phenoxy) is 1. The van der Waals surface area contributed by atoms with E-state index >= 15 is 0 Å². The lowest BCUT2D eigenvalue weighted by Crippen LogP contribution is -2.37. The Morgan fingerprint density at radius 1 is 0.903 bits per heavy atom. The van der Waals surface area contributed by atoms with Crippen molar-refractivity contribution in [3.8, 4) is 22.6 Å². The number of carbonyl (C=O) groups is 1. The number of fused-ring (bicyclic) bond motifs is 2. The Morgan fingerprint density at radius 3 is 2.52 bits per heavy atom. The number of nitrogens with two attached hydrogens (primary N) is 1. The molecule has 154 valence electrons. The zero-order chi connectivity index (χ0) is 21.4. The van der Waals surface area contributed by atoms with E-state index in [1.165, 1.54) is 10.8 Å². The molecule has 1 aliphatic carbocycles. The first-order valence-electron chi connectivity index (χ1n) is 10.5. The molecule has 0 fully saturated rings. The summed E-state index contributed by atoms with van der Waals surface area (Å²) >= 11 is 0. The molecule has 0 aliphatic heterocycles. The Hall–Kier alpha value is -3.63. The lowest BCUT2D eigenvalue weighted by atomic mass is 9.79. The first-order chi connectivity index (χ1) is 15.1. The Bertz CT molecular complexity index is 1280. The minimum absolute atomic E-state index is 0.384. The molecule has 0 saturated heterocycles. The van der Waals surface area contributed by atoms with E-state index in [9.17, 15) is 9.90 Å². The standard InChI is InChI=1S/C27H23NO3/c28-24-14-12-18-11-13-21(16-23(18)26(24)27(29)30)31-25-8-4-3-7-22(25)20-10-9-17-5-1-2-6-19(17)15-20/h1-11,13,15-16,24,26H,12,14,28H2,(H,29,30). The van der Waals surface area contributed by atoms with Crippen molar-refractivity contribution in [3.05, 3.63) is 96.1 Å². The predicted octanol–water partition coefficient (Wildman–Crippen LogP) is 5.74. The van der Waals surface area contributed by atoms with Crippen molar-refractivity contribution in [1.82, 2.24) is 0 Å². The highest BCUT2D eigenvalue weighted by atomic mass is 16.5. The van der Waals surface area contributed by atoms with Crippen molar-refractivity contribution < 1.29 is 14.6 Å². The minimum Gasteiger partial charge on any atom is -0.481 e. The molecule has 2 unspecified atom stereocenters. The third-order valence-electron chi connectivity index (χ3n) is 6.07. The molecular formula is C27H23NO3. The first kappa shape index (κ1) is 19.3. The highest BCUT2D eigenvalue weighted by Crippen LogP contribution is 2.38. The van der Waals surface area contributed by atoms with E-state index in [0.29, 0.717) is 12.2 Å². The van der Waals surface area contributed by atoms with Crippen molar-refractivity contribution >= 4 is 16.7 Å². The van der Waals surface area contributed by atoms with Crippen LogP contribution in [0.1, 0.15) is 23.5 Å². The molecule has 4 nitrogen and oxygen atoms in total. The molecule has 4 aromatic carbocycles. The van der Waals surface area contributed by atoms with Gasteiger partial charge in [-0.05, 0) is 64.6 Å². The van der Waals surface area contributed by atoms with Crippen LogP contribution in [0, 0.1) is 0 Å². The largest absolute Gasteiger partial charge is 0.481 e. The molecule has 0 aromatic heterocycles. The lowest BCUT2D eigenvalue weighted by Gasteiger charge is -2.28. The maximum Gasteiger partial charge on any atom is 0.312 e. The number of rotatable bonds is 4. The zero-order valence-corrected chi connectivity index (χ0v) is 17.0. The second-order valence-corrected chi connectivity index (χ2v) is 8.04. The van der Waals surface area contributed by atoms with Crippen LogP contribution in [0.5, 0.6) is 11.5 Å². The molecule has 4 aromatic rings. The molecule has 0 spiro atoms. The summed E-state index contributed by atoms with van der Waals surface area (Å²) in [6, 6.07) is 27.8. The van der Waals surface area contributed by atoms with Gasteiger partial charge in [-0.1, -0.05) is 60.7 Å². The normalized spacial score (nSPS) is 17.8. The fourth-order valence-corrected chi connectivity index (χ4v) is 4.47. The van der Waals surface area contributed by atoms with Crippen LogP contribution in [-0.2, 0) is 11.2 Å². The monoisotopic (exact) mass is 409 g/mol. The van der Waals surface area contributed by atoms with Gasteiger partial charge in [-0.3, -0.25) is 4.79 Å². The highest BCUT2D eigenvalue weighted by molar-refractivity contribution is 5.88. The van der Waals surface area contributed by atoms with Crippen LogP contribution >= 0.6 is 0 Å². The number of aliphatic carboxylic acids is 1. The van der Waals surface area contributed by atoms with Gasteiger partial charge in [0.1, 0.15) is 11.5 Å². The van der Waals surface area contributed by atoms with Gasteiger partial charge in [0.05, 0.1) is 5.92 Å². The smallest absolute Gasteiger partial charge is 0.312 e. The third-order valence-corrected chi connectivity index (χ3v) is 6.07. The van der Waals surface area contributed by atoms with E-state index < -0.39 is 11.9 Å². The number of hydrogen-bond acceptors (Lipinski definition) is 3. The number of benzene rings is 4. The van der Waals surface area contributed by atoms with E-state index in [1.54, 1.807) is 0 Å². The number of aryl methyl sites for hydroxylation is 1. The highest BCUT2D eigenvalue weighted by Gasteiger charge is 2.33. The molecule has 0 saturated carbocycles. The molecule has 0 amide bonds. The summed E-state index contributed by atoms with van der Waals surface area (Å²) in [5.41, 5.74) is 9.96. The molecule has 4 heteroatoms. The summed E-state index contributed by atoms with van der Waals surface area (Å²) in [5, 5.41) is 12.1. The quantitative estimate of drug-likeness (QED) is 0.451. The molecule has 5 rings (SSSR count). The summed E-state index contributed by atoms with van der Waals surface area (Å²) in [5.74, 6) is -0.248. The van der Waals surface area contributed by atoms with Crippen LogP contribution in [0.2, 0.25) is 0 Å². The third kappa shape index (κ3) is 3.66. The van der Waals surface area contributed by atoms with Crippen LogP contribution in [0.25, 0.3) is 21.9 Å². The van der Waals surface area contributed by atoms with E-state index in [0.717, 1.165) is 34.4 Å². The number of hydrogen-bond donors (Lipinski definition) is 2. The van der Waals surface area contributed by atoms with Crippen LogP contribution in [0.3, 0.4) is 0 Å². The van der Waals surface area contributed by atoms with Crippen molar-refractivity contribution in [2.24, 2.45) is 5.73 Å². The lowest BCUT2D eigenvalue weighted by molar-refractivity contribution is -0.139. The summed E-state index contributed by atoms with van der Waals surface area (Å²) in [7, 11) is 0. The summed E-state index contributed by atoms with van der Waals surface area (Å²) < 4.78 is 6.27. The average Bonchev–Trinajstić information content (AvgIpc) is 2.78. The van der Waals surface area contributed by atoms with Crippen LogP contribution in [0.15, 0.2) is 84.9 Å². The second kappa shape index (κ2) is 7.89. The Labute approximate surface area is 180 Å². The molecule has 1 aliphatic rings. The van der Waals surface area contributed by atoms with Crippen molar-refractivity contribution in [2.75, 3.05) is 0 Å². The van der Waals surface area contributed by atoms with Gasteiger partial charge in [0.2, 0.25) is 0 Å². The van der Waals surface area contributed by atoms with Gasteiger partial charge in [-0.2, -0.15) is 0 Å². The molecule has 0 heterocycles. The fraction of sp³-hybridized carbons (Fsp3) is 0.148. The minimum atomic E-state index is -0.887. The molecule has 2 atom stereocenters. The summed E-state index contributed by atoms with van der Waals surface area (Å²) in [4.78, 5) is 11.8. The van der Waals surface area contributed by atoms with Crippen LogP contribution in [-0.4, -0.2) is 17.1 Å².